The van der Waals surface area contributed by atoms with Crippen LogP contribution in [0.25, 0.3) is 0 Å². The first-order chi connectivity index (χ1) is 7.83. The number of fused-ring (bicyclic) bond motifs is 1. The zero-order chi connectivity index (χ0) is 11.0. The van der Waals surface area contributed by atoms with Crippen molar-refractivity contribution in [3.63, 3.8) is 0 Å². The lowest BCUT2D eigenvalue weighted by atomic mass is 9.85. The molecule has 3 fully saturated rings. The van der Waals surface area contributed by atoms with Crippen molar-refractivity contribution < 1.29 is 0 Å². The summed E-state index contributed by atoms with van der Waals surface area (Å²) >= 11 is 0. The van der Waals surface area contributed by atoms with Crippen molar-refractivity contribution in [1.29, 1.82) is 0 Å². The molecule has 2 aliphatic heterocycles. The average molecular weight is 222 g/mol. The summed E-state index contributed by atoms with van der Waals surface area (Å²) in [6.07, 6.45) is 10.2. The Bertz CT molecular complexity index is 227. The molecule has 2 heteroatoms. The number of nitrogens with zero attached hydrogens (tertiary/aromatic N) is 1. The third kappa shape index (κ3) is 2.14. The molecule has 2 nitrogen and oxygen atoms in total. The highest BCUT2D eigenvalue weighted by Gasteiger charge is 2.36. The predicted octanol–water partition coefficient (Wildman–Crippen LogP) is 2.39. The van der Waals surface area contributed by atoms with Crippen LogP contribution in [-0.2, 0) is 0 Å². The van der Waals surface area contributed by atoms with Gasteiger partial charge < -0.3 is 5.32 Å². The normalized spacial score (nSPS) is 44.8. The Morgan fingerprint density at radius 2 is 2.00 bits per heavy atom. The van der Waals surface area contributed by atoms with Gasteiger partial charge in [-0.2, -0.15) is 0 Å². The summed E-state index contributed by atoms with van der Waals surface area (Å²) in [6, 6.07) is 2.51. The summed E-state index contributed by atoms with van der Waals surface area (Å²) < 4.78 is 0. The van der Waals surface area contributed by atoms with Crippen molar-refractivity contribution >= 4 is 0 Å². The molecule has 16 heavy (non-hydrogen) atoms. The minimum Gasteiger partial charge on any atom is -0.310 e. The summed E-state index contributed by atoms with van der Waals surface area (Å²) in [4.78, 5) is 2.70. The minimum atomic E-state index is 0.800. The van der Waals surface area contributed by atoms with Gasteiger partial charge in [-0.05, 0) is 51.5 Å². The predicted molar refractivity (Wildman–Crippen MR) is 67.6 cm³/mol. The molecule has 2 heterocycles. The SMILES string of the molecule is CC1CCCN1CC1CC2CCCCC2N1. The van der Waals surface area contributed by atoms with Gasteiger partial charge in [0.25, 0.3) is 0 Å². The van der Waals surface area contributed by atoms with Crippen LogP contribution < -0.4 is 5.32 Å². The van der Waals surface area contributed by atoms with Gasteiger partial charge in [0.15, 0.2) is 0 Å². The van der Waals surface area contributed by atoms with E-state index in [0.29, 0.717) is 0 Å². The van der Waals surface area contributed by atoms with Gasteiger partial charge in [-0.25, -0.2) is 0 Å². The second-order valence-electron chi connectivity index (χ2n) is 6.24. The van der Waals surface area contributed by atoms with Crippen LogP contribution in [0, 0.1) is 5.92 Å². The van der Waals surface area contributed by atoms with E-state index in [2.05, 4.69) is 17.1 Å². The van der Waals surface area contributed by atoms with Gasteiger partial charge in [0.05, 0.1) is 0 Å². The van der Waals surface area contributed by atoms with Crippen molar-refractivity contribution in [2.24, 2.45) is 5.92 Å². The van der Waals surface area contributed by atoms with Crippen molar-refractivity contribution in [1.82, 2.24) is 10.2 Å². The molecule has 3 aliphatic rings. The first-order valence-corrected chi connectivity index (χ1v) is 7.33. The number of hydrogen-bond donors (Lipinski definition) is 1. The molecule has 4 unspecified atom stereocenters. The zero-order valence-corrected chi connectivity index (χ0v) is 10.6. The number of nitrogens with one attached hydrogen (secondary N) is 1. The molecule has 0 aromatic heterocycles. The van der Waals surface area contributed by atoms with E-state index in [1.807, 2.05) is 0 Å². The standard InChI is InChI=1S/C14H26N2/c1-11-5-4-8-16(11)10-13-9-12-6-2-3-7-14(12)15-13/h11-15H,2-10H2,1H3. The van der Waals surface area contributed by atoms with Crippen LogP contribution in [0.1, 0.15) is 51.9 Å². The Kier molecular flexibility index (Phi) is 3.21. The van der Waals surface area contributed by atoms with Crippen LogP contribution in [0.2, 0.25) is 0 Å². The smallest absolute Gasteiger partial charge is 0.0201 e. The Hall–Kier alpha value is -0.0800. The maximum absolute atomic E-state index is 3.90. The first-order valence-electron chi connectivity index (χ1n) is 7.33. The molecule has 0 aromatic carbocycles. The van der Waals surface area contributed by atoms with Crippen molar-refractivity contribution in [3.8, 4) is 0 Å². The largest absolute Gasteiger partial charge is 0.310 e. The molecule has 0 spiro atoms. The van der Waals surface area contributed by atoms with Crippen LogP contribution in [0.3, 0.4) is 0 Å². The Labute approximate surface area is 99.8 Å². The number of rotatable bonds is 2. The molecule has 2 saturated heterocycles. The maximum atomic E-state index is 3.90. The van der Waals surface area contributed by atoms with E-state index in [1.54, 1.807) is 0 Å². The highest BCUT2D eigenvalue weighted by molar-refractivity contribution is 4.94. The molecular weight excluding hydrogens is 196 g/mol. The molecular formula is C14H26N2. The molecule has 3 rings (SSSR count). The molecule has 0 radical (unpaired) electrons. The summed E-state index contributed by atoms with van der Waals surface area (Å²) in [5.74, 6) is 1.01. The van der Waals surface area contributed by atoms with E-state index >= 15 is 0 Å². The van der Waals surface area contributed by atoms with Crippen LogP contribution in [0.5, 0.6) is 0 Å². The lowest BCUT2D eigenvalue weighted by Crippen LogP contribution is -2.41. The van der Waals surface area contributed by atoms with Crippen LogP contribution in [0.4, 0.5) is 0 Å². The third-order valence-electron chi connectivity index (χ3n) is 5.09. The zero-order valence-electron chi connectivity index (χ0n) is 10.6. The van der Waals surface area contributed by atoms with Crippen molar-refractivity contribution in [3.05, 3.63) is 0 Å². The van der Waals surface area contributed by atoms with Crippen LogP contribution >= 0.6 is 0 Å². The van der Waals surface area contributed by atoms with E-state index < -0.39 is 0 Å². The quantitative estimate of drug-likeness (QED) is 0.772. The Morgan fingerprint density at radius 1 is 1.12 bits per heavy atom. The van der Waals surface area contributed by atoms with Crippen LogP contribution in [0.15, 0.2) is 0 Å². The van der Waals surface area contributed by atoms with Crippen LogP contribution in [-0.4, -0.2) is 36.1 Å². The summed E-state index contributed by atoms with van der Waals surface area (Å²) in [7, 11) is 0. The number of hydrogen-bond acceptors (Lipinski definition) is 2. The third-order valence-corrected chi connectivity index (χ3v) is 5.09. The fourth-order valence-corrected chi connectivity index (χ4v) is 4.12. The maximum Gasteiger partial charge on any atom is 0.0201 e. The summed E-state index contributed by atoms with van der Waals surface area (Å²) in [5.41, 5.74) is 0. The van der Waals surface area contributed by atoms with E-state index in [4.69, 9.17) is 0 Å². The minimum absolute atomic E-state index is 0.800. The molecule has 1 aliphatic carbocycles. The second kappa shape index (κ2) is 4.66. The number of likely N-dealkylation sites (tertiary alicyclic amines) is 1. The summed E-state index contributed by atoms with van der Waals surface area (Å²) in [6.45, 7) is 5.05. The Balaban J connectivity index is 1.53. The fourth-order valence-electron chi connectivity index (χ4n) is 4.12. The van der Waals surface area contributed by atoms with E-state index in [-0.39, 0.29) is 0 Å². The van der Waals surface area contributed by atoms with Gasteiger partial charge in [-0.15, -0.1) is 0 Å². The second-order valence-corrected chi connectivity index (χ2v) is 6.24. The molecule has 92 valence electrons. The molecule has 0 aromatic rings. The first kappa shape index (κ1) is 11.0. The van der Waals surface area contributed by atoms with Gasteiger partial charge in [0, 0.05) is 24.7 Å². The van der Waals surface area contributed by atoms with Crippen molar-refractivity contribution in [2.75, 3.05) is 13.1 Å². The van der Waals surface area contributed by atoms with Crippen molar-refractivity contribution in [2.45, 2.75) is 70.0 Å². The van der Waals surface area contributed by atoms with Gasteiger partial charge in [0.1, 0.15) is 0 Å². The highest BCUT2D eigenvalue weighted by Crippen LogP contribution is 2.33. The van der Waals surface area contributed by atoms with E-state index in [9.17, 15) is 0 Å². The summed E-state index contributed by atoms with van der Waals surface area (Å²) in [5, 5.41) is 3.90. The fraction of sp³-hybridized carbons (Fsp3) is 1.00. The van der Waals surface area contributed by atoms with Gasteiger partial charge in [-0.3, -0.25) is 4.90 Å². The average Bonchev–Trinajstić information content (AvgIpc) is 2.85. The van der Waals surface area contributed by atoms with E-state index in [1.165, 1.54) is 58.0 Å². The molecule has 0 bridgehead atoms. The van der Waals surface area contributed by atoms with Gasteiger partial charge in [-0.1, -0.05) is 12.8 Å². The molecule has 1 saturated carbocycles. The van der Waals surface area contributed by atoms with Gasteiger partial charge in [0.2, 0.25) is 0 Å². The van der Waals surface area contributed by atoms with E-state index in [0.717, 1.165) is 24.0 Å². The Morgan fingerprint density at radius 3 is 2.75 bits per heavy atom. The van der Waals surface area contributed by atoms with Gasteiger partial charge >= 0.3 is 0 Å². The molecule has 1 N–H and O–H groups in total. The lowest BCUT2D eigenvalue weighted by molar-refractivity contribution is 0.241. The highest BCUT2D eigenvalue weighted by atomic mass is 15.2. The monoisotopic (exact) mass is 222 g/mol. The topological polar surface area (TPSA) is 15.3 Å². The molecule has 4 atom stereocenters. The molecule has 0 amide bonds. The lowest BCUT2D eigenvalue weighted by Gasteiger charge is -2.25.